The lowest BCUT2D eigenvalue weighted by molar-refractivity contribution is -0.142. The number of hydrogen-bond acceptors (Lipinski definition) is 3. The normalized spacial score (nSPS) is 17.7. The number of aliphatic carboxylic acids is 2. The first-order valence-electron chi connectivity index (χ1n) is 5.16. The second-order valence-electron chi connectivity index (χ2n) is 4.22. The quantitative estimate of drug-likeness (QED) is 0.651. The molecule has 1 rings (SSSR count). The molecule has 2 N–H and O–H groups in total. The van der Waals surface area contributed by atoms with Crippen LogP contribution in [0.2, 0.25) is 0 Å². The molecular weight excluding hydrogens is 198 g/mol. The molecule has 1 unspecified atom stereocenters. The van der Waals surface area contributed by atoms with Crippen molar-refractivity contribution >= 4 is 11.9 Å². The topological polar surface area (TPSA) is 77.8 Å². The molecule has 0 aromatic carbocycles. The molecule has 0 aromatic rings. The van der Waals surface area contributed by atoms with Gasteiger partial charge in [0.1, 0.15) is 0 Å². The minimum Gasteiger partial charge on any atom is -0.480 e. The van der Waals surface area contributed by atoms with Crippen LogP contribution in [-0.2, 0) is 9.59 Å². The summed E-state index contributed by atoms with van der Waals surface area (Å²) < 4.78 is 0. The van der Waals surface area contributed by atoms with E-state index in [2.05, 4.69) is 0 Å². The first-order valence-corrected chi connectivity index (χ1v) is 5.16. The van der Waals surface area contributed by atoms with Crippen molar-refractivity contribution in [3.8, 4) is 0 Å². The summed E-state index contributed by atoms with van der Waals surface area (Å²) >= 11 is 0. The molecule has 0 spiro atoms. The summed E-state index contributed by atoms with van der Waals surface area (Å²) in [6.45, 7) is 1.50. The van der Waals surface area contributed by atoms with Crippen LogP contribution < -0.4 is 0 Å². The van der Waals surface area contributed by atoms with E-state index in [9.17, 15) is 9.59 Å². The van der Waals surface area contributed by atoms with Gasteiger partial charge in [0.25, 0.3) is 0 Å². The molecule has 0 saturated heterocycles. The maximum absolute atomic E-state index is 10.6. The van der Waals surface area contributed by atoms with E-state index < -0.39 is 11.9 Å². The van der Waals surface area contributed by atoms with Gasteiger partial charge < -0.3 is 10.2 Å². The lowest BCUT2D eigenvalue weighted by Crippen LogP contribution is -2.41. The minimum atomic E-state index is -0.973. The molecule has 1 aliphatic rings. The molecule has 1 aliphatic carbocycles. The van der Waals surface area contributed by atoms with E-state index >= 15 is 0 Å². The standard InChI is InChI=1S/C10H17NO4/c1-7(4-8-2-3-8)11(5-9(12)13)6-10(14)15/h7-8H,2-6H2,1H3,(H,12,13)(H,14,15). The van der Waals surface area contributed by atoms with Crippen molar-refractivity contribution in [3.63, 3.8) is 0 Å². The molecule has 86 valence electrons. The number of carboxylic acid groups (broad SMARTS) is 2. The van der Waals surface area contributed by atoms with E-state index in [4.69, 9.17) is 10.2 Å². The maximum Gasteiger partial charge on any atom is 0.317 e. The Hall–Kier alpha value is -1.10. The highest BCUT2D eigenvalue weighted by atomic mass is 16.4. The van der Waals surface area contributed by atoms with Gasteiger partial charge in [0.2, 0.25) is 0 Å². The number of carbonyl (C=O) groups is 2. The van der Waals surface area contributed by atoms with Gasteiger partial charge in [0, 0.05) is 6.04 Å². The molecule has 5 nitrogen and oxygen atoms in total. The van der Waals surface area contributed by atoms with Gasteiger partial charge >= 0.3 is 11.9 Å². The Bertz CT molecular complexity index is 234. The third-order valence-corrected chi connectivity index (χ3v) is 2.67. The largest absolute Gasteiger partial charge is 0.480 e. The summed E-state index contributed by atoms with van der Waals surface area (Å²) in [6, 6.07) is 0.0321. The summed E-state index contributed by atoms with van der Waals surface area (Å²) in [5.74, 6) is -1.28. The van der Waals surface area contributed by atoms with Gasteiger partial charge in [-0.05, 0) is 19.3 Å². The first kappa shape index (κ1) is 12.0. The first-order chi connectivity index (χ1) is 6.99. The molecule has 0 aliphatic heterocycles. The van der Waals surface area contributed by atoms with Crippen molar-refractivity contribution < 1.29 is 19.8 Å². The van der Waals surface area contributed by atoms with Crippen LogP contribution in [0, 0.1) is 5.92 Å². The van der Waals surface area contributed by atoms with Crippen molar-refractivity contribution in [1.82, 2.24) is 4.90 Å². The number of rotatable bonds is 7. The zero-order valence-electron chi connectivity index (χ0n) is 8.85. The van der Waals surface area contributed by atoms with Gasteiger partial charge in [-0.15, -0.1) is 0 Å². The van der Waals surface area contributed by atoms with Crippen LogP contribution >= 0.6 is 0 Å². The lowest BCUT2D eigenvalue weighted by atomic mass is 10.1. The zero-order chi connectivity index (χ0) is 11.4. The van der Waals surface area contributed by atoms with Crippen LogP contribution in [0.15, 0.2) is 0 Å². The van der Waals surface area contributed by atoms with Crippen LogP contribution in [-0.4, -0.2) is 46.2 Å². The minimum absolute atomic E-state index is 0.0321. The Kier molecular flexibility index (Phi) is 4.08. The van der Waals surface area contributed by atoms with Crippen LogP contribution in [0.1, 0.15) is 26.2 Å². The van der Waals surface area contributed by atoms with Gasteiger partial charge in [-0.25, -0.2) is 0 Å². The lowest BCUT2D eigenvalue weighted by Gasteiger charge is -2.25. The molecule has 0 aromatic heterocycles. The molecule has 0 amide bonds. The van der Waals surface area contributed by atoms with Gasteiger partial charge in [0.05, 0.1) is 13.1 Å². The summed E-state index contributed by atoms with van der Waals surface area (Å²) in [5.41, 5.74) is 0. The van der Waals surface area contributed by atoms with Crippen LogP contribution in [0.5, 0.6) is 0 Å². The van der Waals surface area contributed by atoms with Crippen molar-refractivity contribution in [2.45, 2.75) is 32.2 Å². The second-order valence-corrected chi connectivity index (χ2v) is 4.22. The van der Waals surface area contributed by atoms with Crippen LogP contribution in [0.3, 0.4) is 0 Å². The molecule has 0 radical (unpaired) electrons. The van der Waals surface area contributed by atoms with E-state index in [1.54, 1.807) is 0 Å². The summed E-state index contributed by atoms with van der Waals surface area (Å²) in [6.07, 6.45) is 3.29. The fraction of sp³-hybridized carbons (Fsp3) is 0.800. The fourth-order valence-corrected chi connectivity index (χ4v) is 1.70. The number of nitrogens with zero attached hydrogens (tertiary/aromatic N) is 1. The highest BCUT2D eigenvalue weighted by Crippen LogP contribution is 2.34. The van der Waals surface area contributed by atoms with Gasteiger partial charge in [-0.1, -0.05) is 12.8 Å². The zero-order valence-corrected chi connectivity index (χ0v) is 8.85. The molecular formula is C10H17NO4. The van der Waals surface area contributed by atoms with Crippen LogP contribution in [0.25, 0.3) is 0 Å². The van der Waals surface area contributed by atoms with E-state index in [1.165, 1.54) is 17.7 Å². The summed E-state index contributed by atoms with van der Waals surface area (Å²) in [5, 5.41) is 17.3. The maximum atomic E-state index is 10.6. The molecule has 0 bridgehead atoms. The van der Waals surface area contributed by atoms with E-state index in [0.29, 0.717) is 5.92 Å². The number of hydrogen-bond donors (Lipinski definition) is 2. The second kappa shape index (κ2) is 5.11. The Labute approximate surface area is 88.7 Å². The van der Waals surface area contributed by atoms with Gasteiger partial charge in [-0.2, -0.15) is 0 Å². The summed E-state index contributed by atoms with van der Waals surface area (Å²) in [7, 11) is 0. The van der Waals surface area contributed by atoms with Crippen LogP contribution in [0.4, 0.5) is 0 Å². The Morgan fingerprint density at radius 1 is 1.27 bits per heavy atom. The molecule has 1 fully saturated rings. The Morgan fingerprint density at radius 3 is 2.07 bits per heavy atom. The predicted molar refractivity (Wildman–Crippen MR) is 53.6 cm³/mol. The average molecular weight is 215 g/mol. The Morgan fingerprint density at radius 2 is 1.73 bits per heavy atom. The number of carboxylic acids is 2. The third-order valence-electron chi connectivity index (χ3n) is 2.67. The van der Waals surface area contributed by atoms with Gasteiger partial charge in [-0.3, -0.25) is 14.5 Å². The third kappa shape index (κ3) is 4.78. The molecule has 1 saturated carbocycles. The average Bonchev–Trinajstić information content (AvgIpc) is 2.85. The molecule has 1 atom stereocenters. The molecule has 5 heteroatoms. The van der Waals surface area contributed by atoms with Gasteiger partial charge in [0.15, 0.2) is 0 Å². The monoisotopic (exact) mass is 215 g/mol. The SMILES string of the molecule is CC(CC1CC1)N(CC(=O)O)CC(=O)O. The summed E-state index contributed by atoms with van der Waals surface area (Å²) in [4.78, 5) is 22.6. The van der Waals surface area contributed by atoms with Crippen molar-refractivity contribution in [2.24, 2.45) is 5.92 Å². The van der Waals surface area contributed by atoms with Crippen molar-refractivity contribution in [1.29, 1.82) is 0 Å². The fourth-order valence-electron chi connectivity index (χ4n) is 1.70. The molecule has 15 heavy (non-hydrogen) atoms. The smallest absolute Gasteiger partial charge is 0.317 e. The van der Waals surface area contributed by atoms with E-state index in [0.717, 1.165) is 6.42 Å². The van der Waals surface area contributed by atoms with E-state index in [1.807, 2.05) is 6.92 Å². The highest BCUT2D eigenvalue weighted by molar-refractivity contribution is 5.72. The van der Waals surface area contributed by atoms with Crippen molar-refractivity contribution in [3.05, 3.63) is 0 Å². The van der Waals surface area contributed by atoms with E-state index in [-0.39, 0.29) is 19.1 Å². The predicted octanol–water partition coefficient (Wildman–Crippen LogP) is 0.646. The Balaban J connectivity index is 2.43. The molecule has 0 heterocycles. The highest BCUT2D eigenvalue weighted by Gasteiger charge is 2.27. The van der Waals surface area contributed by atoms with Crippen molar-refractivity contribution in [2.75, 3.05) is 13.1 Å².